The van der Waals surface area contributed by atoms with Gasteiger partial charge < -0.3 is 52.1 Å². The highest BCUT2D eigenvalue weighted by atomic mass is 35.5. The van der Waals surface area contributed by atoms with Gasteiger partial charge in [0.25, 0.3) is 0 Å². The molecule has 10 atom stereocenters. The standard InChI is InChI=1S/C62H62Cl4O11/c1-67-61-60(74-36-44-15-9-4-10-16-44)58(56(71-35-43-13-7-3-8-14-43)54(75-61)41-68-33-42-11-5-2-6-12-42)77-62-59(73-39-48-23-31-52(66)32-24-48)57(72-38-47-21-29-51(65)30-22-47)55(70-37-46-19-27-50(64)28-20-46)53(76-62)40-69-34-45-17-25-49(63)26-18-45/h2-32,53-62H,33-41H2,1H3/t53-,54-,55-,56-,57+,58+,59-,60-,61+,62+/m1/s1. The van der Waals surface area contributed by atoms with E-state index in [-0.39, 0.29) is 52.9 Å². The third-order valence-electron chi connectivity index (χ3n) is 13.2. The molecule has 0 unspecified atom stereocenters. The highest BCUT2D eigenvalue weighted by molar-refractivity contribution is 6.31. The SMILES string of the molecule is CO[C@H]1O[C@H](COCc2ccccc2)[C@@H](OCc2ccccc2)[C@H](O[C@@H]2O[C@H](COCc3ccc(Cl)cc3)[C@@H](OCc3ccc(Cl)cc3)[C@H](OCc3ccc(Cl)cc3)[C@H]2OCc2ccc(Cl)cc2)[C@H]1OCc1ccccc1. The second-order valence-electron chi connectivity index (χ2n) is 18.8. The number of benzene rings is 7. The molecule has 2 aliphatic heterocycles. The molecule has 0 amide bonds. The van der Waals surface area contributed by atoms with Gasteiger partial charge >= 0.3 is 0 Å². The molecule has 2 heterocycles. The van der Waals surface area contributed by atoms with Crippen molar-refractivity contribution in [3.63, 3.8) is 0 Å². The molecule has 0 saturated carbocycles. The van der Waals surface area contributed by atoms with Crippen molar-refractivity contribution < 1.29 is 52.1 Å². The van der Waals surface area contributed by atoms with Gasteiger partial charge in [0.15, 0.2) is 12.6 Å². The van der Waals surface area contributed by atoms with Gasteiger partial charge in [0, 0.05) is 27.2 Å². The van der Waals surface area contributed by atoms with Crippen LogP contribution in [0.1, 0.15) is 38.9 Å². The first-order chi connectivity index (χ1) is 37.7. The fourth-order valence-electron chi connectivity index (χ4n) is 9.17. The maximum Gasteiger partial charge on any atom is 0.187 e. The van der Waals surface area contributed by atoms with Crippen molar-refractivity contribution in [2.75, 3.05) is 20.3 Å². The minimum absolute atomic E-state index is 0.0603. The van der Waals surface area contributed by atoms with Gasteiger partial charge in [-0.2, -0.15) is 0 Å². The van der Waals surface area contributed by atoms with Crippen LogP contribution in [0.25, 0.3) is 0 Å². The van der Waals surface area contributed by atoms with Crippen molar-refractivity contribution in [1.29, 1.82) is 0 Å². The number of methoxy groups -OCH3 is 1. The number of halogens is 4. The predicted octanol–water partition coefficient (Wildman–Crippen LogP) is 13.4. The Hall–Kier alpha value is -4.74. The molecule has 7 aromatic carbocycles. The summed E-state index contributed by atoms with van der Waals surface area (Å²) in [5, 5.41) is 2.42. The van der Waals surface area contributed by atoms with E-state index in [1.807, 2.05) is 188 Å². The van der Waals surface area contributed by atoms with Crippen LogP contribution in [0.5, 0.6) is 0 Å². The van der Waals surface area contributed by atoms with Crippen molar-refractivity contribution in [3.8, 4) is 0 Å². The summed E-state index contributed by atoms with van der Waals surface area (Å²) in [5.74, 6) is 0. The Morgan fingerprint density at radius 2 is 0.597 bits per heavy atom. The van der Waals surface area contributed by atoms with E-state index in [0.717, 1.165) is 38.9 Å². The Morgan fingerprint density at radius 1 is 0.312 bits per heavy atom. The lowest BCUT2D eigenvalue weighted by Gasteiger charge is -2.50. The fourth-order valence-corrected chi connectivity index (χ4v) is 9.68. The quantitative estimate of drug-likeness (QED) is 0.0518. The van der Waals surface area contributed by atoms with Gasteiger partial charge in [-0.3, -0.25) is 0 Å². The van der Waals surface area contributed by atoms with E-state index >= 15 is 0 Å². The van der Waals surface area contributed by atoms with Crippen LogP contribution < -0.4 is 0 Å². The third-order valence-corrected chi connectivity index (χ3v) is 14.2. The van der Waals surface area contributed by atoms with E-state index in [9.17, 15) is 0 Å². The lowest BCUT2D eigenvalue weighted by molar-refractivity contribution is -0.377. The first-order valence-corrected chi connectivity index (χ1v) is 27.1. The molecule has 2 fully saturated rings. The van der Waals surface area contributed by atoms with Crippen LogP contribution in [0.3, 0.4) is 0 Å². The molecule has 2 aliphatic rings. The highest BCUT2D eigenvalue weighted by Crippen LogP contribution is 2.37. The summed E-state index contributed by atoms with van der Waals surface area (Å²) in [4.78, 5) is 0. The maximum atomic E-state index is 7.54. The van der Waals surface area contributed by atoms with E-state index in [2.05, 4.69) is 0 Å². The van der Waals surface area contributed by atoms with Gasteiger partial charge in [0.2, 0.25) is 0 Å². The minimum atomic E-state index is -1.19. The van der Waals surface area contributed by atoms with Crippen molar-refractivity contribution in [1.82, 2.24) is 0 Å². The maximum absolute atomic E-state index is 7.54. The van der Waals surface area contributed by atoms with E-state index in [4.69, 9.17) is 98.5 Å². The normalized spacial score (nSPS) is 23.4. The van der Waals surface area contributed by atoms with Gasteiger partial charge in [-0.15, -0.1) is 0 Å². The molecule has 0 aliphatic carbocycles. The van der Waals surface area contributed by atoms with Crippen LogP contribution in [0, 0.1) is 0 Å². The Balaban J connectivity index is 1.12. The third kappa shape index (κ3) is 16.9. The van der Waals surface area contributed by atoms with E-state index in [1.165, 1.54) is 0 Å². The number of hydrogen-bond acceptors (Lipinski definition) is 11. The first kappa shape index (κ1) is 57.0. The van der Waals surface area contributed by atoms with Crippen molar-refractivity contribution in [2.45, 2.75) is 108 Å². The van der Waals surface area contributed by atoms with Crippen molar-refractivity contribution in [2.24, 2.45) is 0 Å². The summed E-state index contributed by atoms with van der Waals surface area (Å²) in [5.41, 5.74) is 6.41. The molecule has 404 valence electrons. The van der Waals surface area contributed by atoms with Crippen LogP contribution in [-0.2, 0) is 98.4 Å². The summed E-state index contributed by atoms with van der Waals surface area (Å²) in [6.07, 6.45) is -8.96. The fraction of sp³-hybridized carbons (Fsp3) is 0.323. The second-order valence-corrected chi connectivity index (χ2v) is 20.5. The summed E-state index contributed by atoms with van der Waals surface area (Å²) in [6, 6.07) is 59.7. The van der Waals surface area contributed by atoms with Gasteiger partial charge in [-0.25, -0.2) is 0 Å². The largest absolute Gasteiger partial charge is 0.374 e. The number of hydrogen-bond donors (Lipinski definition) is 0. The summed E-state index contributed by atoms with van der Waals surface area (Å²) in [6.45, 7) is 1.64. The Morgan fingerprint density at radius 3 is 0.974 bits per heavy atom. The van der Waals surface area contributed by atoms with E-state index < -0.39 is 61.4 Å². The Labute approximate surface area is 471 Å². The molecule has 77 heavy (non-hydrogen) atoms. The average Bonchev–Trinajstić information content (AvgIpc) is 3.48. The van der Waals surface area contributed by atoms with E-state index in [0.29, 0.717) is 26.7 Å². The van der Waals surface area contributed by atoms with Gasteiger partial charge in [0.05, 0.1) is 59.5 Å². The zero-order valence-corrected chi connectivity index (χ0v) is 45.6. The molecule has 0 bridgehead atoms. The van der Waals surface area contributed by atoms with Crippen LogP contribution >= 0.6 is 46.4 Å². The molecule has 11 nitrogen and oxygen atoms in total. The second kappa shape index (κ2) is 29.5. The summed E-state index contributed by atoms with van der Waals surface area (Å²) in [7, 11) is 1.58. The van der Waals surface area contributed by atoms with Crippen LogP contribution in [-0.4, -0.2) is 81.7 Å². The number of ether oxygens (including phenoxy) is 11. The summed E-state index contributed by atoms with van der Waals surface area (Å²) < 4.78 is 75.9. The zero-order valence-electron chi connectivity index (χ0n) is 42.5. The number of rotatable bonds is 26. The van der Waals surface area contributed by atoms with Crippen LogP contribution in [0.4, 0.5) is 0 Å². The van der Waals surface area contributed by atoms with Crippen LogP contribution in [0.15, 0.2) is 188 Å². The molecule has 15 heteroatoms. The van der Waals surface area contributed by atoms with Gasteiger partial charge in [0.1, 0.15) is 48.8 Å². The van der Waals surface area contributed by atoms with Crippen molar-refractivity contribution in [3.05, 3.63) is 247 Å². The smallest absolute Gasteiger partial charge is 0.187 e. The molecule has 0 radical (unpaired) electrons. The highest BCUT2D eigenvalue weighted by Gasteiger charge is 2.55. The molecule has 2 saturated heterocycles. The average molecular weight is 1120 g/mol. The zero-order chi connectivity index (χ0) is 53.2. The van der Waals surface area contributed by atoms with Crippen LogP contribution in [0.2, 0.25) is 20.1 Å². The Bertz CT molecular complexity index is 2780. The molecule has 9 rings (SSSR count). The molecular formula is C62H62Cl4O11. The van der Waals surface area contributed by atoms with Gasteiger partial charge in [-0.1, -0.05) is 186 Å². The monoisotopic (exact) mass is 1120 g/mol. The molecule has 0 spiro atoms. The topological polar surface area (TPSA) is 102 Å². The minimum Gasteiger partial charge on any atom is -0.374 e. The summed E-state index contributed by atoms with van der Waals surface area (Å²) >= 11 is 25.4. The van der Waals surface area contributed by atoms with E-state index in [1.54, 1.807) is 7.11 Å². The molecule has 0 aromatic heterocycles. The van der Waals surface area contributed by atoms with Crippen molar-refractivity contribution >= 4 is 46.4 Å². The molecular weight excluding hydrogens is 1060 g/mol. The Kier molecular flexibility index (Phi) is 21.8. The molecule has 0 N–H and O–H groups in total. The molecule has 7 aromatic rings. The predicted molar refractivity (Wildman–Crippen MR) is 297 cm³/mol. The first-order valence-electron chi connectivity index (χ1n) is 25.6. The lowest BCUT2D eigenvalue weighted by atomic mass is 9.95. The lowest BCUT2D eigenvalue weighted by Crippen LogP contribution is -2.66. The van der Waals surface area contributed by atoms with Gasteiger partial charge in [-0.05, 0) is 87.5 Å².